The summed E-state index contributed by atoms with van der Waals surface area (Å²) in [7, 11) is 3.03. The first-order valence-corrected chi connectivity index (χ1v) is 6.79. The first-order chi connectivity index (χ1) is 11.0. The van der Waals surface area contributed by atoms with Gasteiger partial charge in [-0.25, -0.2) is 0 Å². The zero-order valence-corrected chi connectivity index (χ0v) is 12.8. The predicted molar refractivity (Wildman–Crippen MR) is 85.0 cm³/mol. The number of hydrogen-bond donors (Lipinski definition) is 0. The second-order valence-electron chi connectivity index (χ2n) is 4.67. The number of nitrogens with zero attached hydrogens (tertiary/aromatic N) is 2. The van der Waals surface area contributed by atoms with E-state index in [1.165, 1.54) is 30.2 Å². The van der Waals surface area contributed by atoms with Crippen LogP contribution in [0.2, 0.25) is 0 Å². The normalized spacial score (nSPS) is 10.0. The van der Waals surface area contributed by atoms with Crippen molar-refractivity contribution >= 4 is 17.3 Å². The van der Waals surface area contributed by atoms with Crippen LogP contribution >= 0.6 is 0 Å². The van der Waals surface area contributed by atoms with Gasteiger partial charge in [0.15, 0.2) is 12.4 Å². The highest BCUT2D eigenvalue weighted by Gasteiger charge is 2.19. The van der Waals surface area contributed by atoms with Crippen LogP contribution in [0.1, 0.15) is 0 Å². The highest BCUT2D eigenvalue weighted by Crippen LogP contribution is 2.31. The number of nitro groups is 1. The third-order valence-corrected chi connectivity index (χ3v) is 3.23. The Balaban J connectivity index is 2.08. The minimum absolute atomic E-state index is 0.0191. The highest BCUT2D eigenvalue weighted by molar-refractivity contribution is 5.93. The van der Waals surface area contributed by atoms with Crippen molar-refractivity contribution in [2.45, 2.75) is 0 Å². The lowest BCUT2D eigenvalue weighted by molar-refractivity contribution is -0.385. The van der Waals surface area contributed by atoms with E-state index in [0.717, 1.165) is 0 Å². The molecule has 0 aliphatic heterocycles. The molecule has 0 aliphatic carbocycles. The quantitative estimate of drug-likeness (QED) is 0.604. The van der Waals surface area contributed by atoms with E-state index in [4.69, 9.17) is 9.47 Å². The van der Waals surface area contributed by atoms with Gasteiger partial charge in [-0.1, -0.05) is 18.2 Å². The van der Waals surface area contributed by atoms with Crippen LogP contribution in [0.15, 0.2) is 48.5 Å². The Kier molecular flexibility index (Phi) is 5.14. The maximum absolute atomic E-state index is 12.1. The fourth-order valence-electron chi connectivity index (χ4n) is 1.92. The number of hydrogen-bond acceptors (Lipinski definition) is 5. The Morgan fingerprint density at radius 1 is 1.22 bits per heavy atom. The Labute approximate surface area is 133 Å². The Morgan fingerprint density at radius 2 is 1.91 bits per heavy atom. The van der Waals surface area contributed by atoms with Crippen LogP contribution in [0.5, 0.6) is 11.5 Å². The number of rotatable bonds is 6. The number of amides is 1. The Hall–Kier alpha value is -3.09. The van der Waals surface area contributed by atoms with Crippen molar-refractivity contribution < 1.29 is 19.2 Å². The van der Waals surface area contributed by atoms with Crippen molar-refractivity contribution in [1.29, 1.82) is 0 Å². The molecule has 0 atom stereocenters. The van der Waals surface area contributed by atoms with Crippen molar-refractivity contribution in [3.8, 4) is 11.5 Å². The van der Waals surface area contributed by atoms with E-state index >= 15 is 0 Å². The fraction of sp³-hybridized carbons (Fsp3) is 0.188. The summed E-state index contributed by atoms with van der Waals surface area (Å²) in [6.07, 6.45) is 0. The van der Waals surface area contributed by atoms with Crippen molar-refractivity contribution in [3.05, 3.63) is 58.6 Å². The monoisotopic (exact) mass is 316 g/mol. The predicted octanol–water partition coefficient (Wildman–Crippen LogP) is 2.65. The lowest BCUT2D eigenvalue weighted by Gasteiger charge is -2.17. The van der Waals surface area contributed by atoms with Crippen LogP contribution < -0.4 is 14.4 Å². The molecule has 120 valence electrons. The molecule has 0 fully saturated rings. The van der Waals surface area contributed by atoms with E-state index in [0.29, 0.717) is 11.4 Å². The number of carbonyl (C=O) groups excluding carboxylic acids is 1. The third-order valence-electron chi connectivity index (χ3n) is 3.23. The zero-order chi connectivity index (χ0) is 16.8. The maximum Gasteiger partial charge on any atom is 0.314 e. The maximum atomic E-state index is 12.1. The largest absolute Gasteiger partial charge is 0.496 e. The first-order valence-electron chi connectivity index (χ1n) is 6.79. The van der Waals surface area contributed by atoms with Gasteiger partial charge in [-0.05, 0) is 24.3 Å². The van der Waals surface area contributed by atoms with Gasteiger partial charge in [0.25, 0.3) is 5.91 Å². The summed E-state index contributed by atoms with van der Waals surface area (Å²) in [5, 5.41) is 11.1. The van der Waals surface area contributed by atoms with E-state index in [1.807, 2.05) is 18.2 Å². The van der Waals surface area contributed by atoms with Crippen LogP contribution in [-0.2, 0) is 4.79 Å². The lowest BCUT2D eigenvalue weighted by atomic mass is 10.3. The van der Waals surface area contributed by atoms with Gasteiger partial charge < -0.3 is 14.4 Å². The molecule has 1 amide bonds. The summed E-state index contributed by atoms with van der Waals surface area (Å²) < 4.78 is 10.3. The number of ether oxygens (including phenoxy) is 2. The molecule has 2 rings (SSSR count). The number of methoxy groups -OCH3 is 1. The lowest BCUT2D eigenvalue weighted by Crippen LogP contribution is -2.31. The number of benzene rings is 2. The molecule has 0 heterocycles. The molecule has 0 saturated heterocycles. The summed E-state index contributed by atoms with van der Waals surface area (Å²) in [4.78, 5) is 24.0. The van der Waals surface area contributed by atoms with Crippen molar-refractivity contribution in [3.63, 3.8) is 0 Å². The van der Waals surface area contributed by atoms with Gasteiger partial charge in [0, 0.05) is 12.7 Å². The average Bonchev–Trinajstić information content (AvgIpc) is 2.59. The molecule has 0 spiro atoms. The number of nitro benzene ring substituents is 1. The second kappa shape index (κ2) is 7.26. The van der Waals surface area contributed by atoms with Crippen LogP contribution in [0.4, 0.5) is 11.4 Å². The van der Waals surface area contributed by atoms with Gasteiger partial charge >= 0.3 is 5.69 Å². The minimum atomic E-state index is -0.580. The molecule has 0 bridgehead atoms. The zero-order valence-electron chi connectivity index (χ0n) is 12.8. The van der Waals surface area contributed by atoms with Crippen LogP contribution in [-0.4, -0.2) is 31.6 Å². The number of carbonyl (C=O) groups is 1. The summed E-state index contributed by atoms with van der Waals surface area (Å²) in [6.45, 7) is -0.307. The molecule has 0 unspecified atom stereocenters. The van der Waals surface area contributed by atoms with Crippen molar-refractivity contribution in [2.24, 2.45) is 0 Å². The molecule has 0 N–H and O–H groups in total. The van der Waals surface area contributed by atoms with Gasteiger partial charge in [-0.15, -0.1) is 0 Å². The summed E-state index contributed by atoms with van der Waals surface area (Å²) in [5.41, 5.74) is 0.463. The number of anilines is 1. The molecule has 2 aromatic rings. The van der Waals surface area contributed by atoms with Gasteiger partial charge in [-0.2, -0.15) is 0 Å². The molecule has 7 heteroatoms. The van der Waals surface area contributed by atoms with Gasteiger partial charge in [-0.3, -0.25) is 14.9 Å². The SMILES string of the molecule is COc1ccc(OCC(=O)N(C)c2ccccc2)c([N+](=O)[O-])c1. The van der Waals surface area contributed by atoms with Gasteiger partial charge in [0.05, 0.1) is 18.1 Å². The smallest absolute Gasteiger partial charge is 0.314 e. The van der Waals surface area contributed by atoms with Crippen LogP contribution in [0.3, 0.4) is 0 Å². The second-order valence-corrected chi connectivity index (χ2v) is 4.67. The van der Waals surface area contributed by atoms with Gasteiger partial charge in [0.2, 0.25) is 0 Å². The summed E-state index contributed by atoms with van der Waals surface area (Å²) in [5.74, 6) is 0.0451. The molecule has 0 aromatic heterocycles. The number of likely N-dealkylation sites (N-methyl/N-ethyl adjacent to an activating group) is 1. The van der Waals surface area contributed by atoms with E-state index in [2.05, 4.69) is 0 Å². The average molecular weight is 316 g/mol. The molecule has 0 saturated carbocycles. The van der Waals surface area contributed by atoms with Crippen molar-refractivity contribution in [2.75, 3.05) is 25.7 Å². The highest BCUT2D eigenvalue weighted by atomic mass is 16.6. The molecule has 7 nitrogen and oxygen atoms in total. The first kappa shape index (κ1) is 16.3. The van der Waals surface area contributed by atoms with E-state index < -0.39 is 4.92 Å². The molecular formula is C16H16N2O5. The molecule has 23 heavy (non-hydrogen) atoms. The van der Waals surface area contributed by atoms with E-state index in [-0.39, 0.29) is 24.0 Å². The van der Waals surface area contributed by atoms with Gasteiger partial charge in [0.1, 0.15) is 5.75 Å². The van der Waals surface area contributed by atoms with E-state index in [9.17, 15) is 14.9 Å². The standard InChI is InChI=1S/C16H16N2O5/c1-17(12-6-4-3-5-7-12)16(19)11-23-15-9-8-13(22-2)10-14(15)18(20)21/h3-10H,11H2,1-2H3. The number of para-hydroxylation sites is 1. The molecule has 0 aliphatic rings. The summed E-state index contributed by atoms with van der Waals surface area (Å²) in [6, 6.07) is 13.2. The molecule has 2 aromatic carbocycles. The Bertz CT molecular complexity index is 703. The van der Waals surface area contributed by atoms with Crippen LogP contribution in [0, 0.1) is 10.1 Å². The van der Waals surface area contributed by atoms with Crippen LogP contribution in [0.25, 0.3) is 0 Å². The topological polar surface area (TPSA) is 81.9 Å². The fourth-order valence-corrected chi connectivity index (χ4v) is 1.92. The van der Waals surface area contributed by atoms with E-state index in [1.54, 1.807) is 19.2 Å². The van der Waals surface area contributed by atoms with Crippen molar-refractivity contribution in [1.82, 2.24) is 0 Å². The Morgan fingerprint density at radius 3 is 2.52 bits per heavy atom. The minimum Gasteiger partial charge on any atom is -0.496 e. The molecule has 0 radical (unpaired) electrons. The summed E-state index contributed by atoms with van der Waals surface area (Å²) >= 11 is 0. The third kappa shape index (κ3) is 3.97. The molecular weight excluding hydrogens is 300 g/mol.